The fraction of sp³-hybridized carbons (Fsp3) is 0.692. The van der Waals surface area contributed by atoms with Crippen LogP contribution >= 0.6 is 0 Å². The lowest BCUT2D eigenvalue weighted by Gasteiger charge is -2.22. The minimum atomic E-state index is 0.189. The molecule has 0 aliphatic carbocycles. The van der Waals surface area contributed by atoms with Crippen LogP contribution in [0.5, 0.6) is 0 Å². The predicted octanol–water partition coefficient (Wildman–Crippen LogP) is 4.23. The highest BCUT2D eigenvalue weighted by Crippen LogP contribution is 2.33. The van der Waals surface area contributed by atoms with Crippen LogP contribution < -0.4 is 0 Å². The van der Waals surface area contributed by atoms with E-state index in [2.05, 4.69) is 34.6 Å². The Kier molecular flexibility index (Phi) is 3.41. The van der Waals surface area contributed by atoms with Crippen molar-refractivity contribution < 1.29 is 4.42 Å². The van der Waals surface area contributed by atoms with Crippen molar-refractivity contribution in [2.75, 3.05) is 0 Å². The van der Waals surface area contributed by atoms with Crippen molar-refractivity contribution in [3.63, 3.8) is 0 Å². The molecule has 0 unspecified atom stereocenters. The summed E-state index contributed by atoms with van der Waals surface area (Å²) >= 11 is 0. The Labute approximate surface area is 87.5 Å². The van der Waals surface area contributed by atoms with Gasteiger partial charge >= 0.3 is 0 Å². The standard InChI is InChI=1S/C13H22O/c1-6-8-13(4,5)12-11(7-2)10(3)9-14-12/h9H,6-8H2,1-5H3. The van der Waals surface area contributed by atoms with Crippen LogP contribution in [-0.2, 0) is 11.8 Å². The molecule has 0 bridgehead atoms. The summed E-state index contributed by atoms with van der Waals surface area (Å²) in [5.41, 5.74) is 2.89. The van der Waals surface area contributed by atoms with Crippen LogP contribution in [0, 0.1) is 6.92 Å². The van der Waals surface area contributed by atoms with Crippen LogP contribution in [-0.4, -0.2) is 0 Å². The molecule has 0 amide bonds. The largest absolute Gasteiger partial charge is 0.468 e. The van der Waals surface area contributed by atoms with E-state index in [9.17, 15) is 0 Å². The summed E-state index contributed by atoms with van der Waals surface area (Å²) in [6, 6.07) is 0. The van der Waals surface area contributed by atoms with Crippen LogP contribution in [0.1, 0.15) is 57.4 Å². The molecule has 1 nitrogen and oxygen atoms in total. The summed E-state index contributed by atoms with van der Waals surface area (Å²) < 4.78 is 5.70. The molecule has 1 rings (SSSR count). The van der Waals surface area contributed by atoms with E-state index in [1.165, 1.54) is 29.7 Å². The summed E-state index contributed by atoms with van der Waals surface area (Å²) in [4.78, 5) is 0. The van der Waals surface area contributed by atoms with Crippen molar-refractivity contribution in [1.82, 2.24) is 0 Å². The summed E-state index contributed by atoms with van der Waals surface area (Å²) in [7, 11) is 0. The van der Waals surface area contributed by atoms with Crippen molar-refractivity contribution in [2.24, 2.45) is 0 Å². The van der Waals surface area contributed by atoms with Gasteiger partial charge in [-0.3, -0.25) is 0 Å². The molecule has 0 fully saturated rings. The van der Waals surface area contributed by atoms with Crippen molar-refractivity contribution in [3.8, 4) is 0 Å². The number of rotatable bonds is 4. The third kappa shape index (κ3) is 2.02. The maximum absolute atomic E-state index is 5.70. The topological polar surface area (TPSA) is 13.1 Å². The predicted molar refractivity (Wildman–Crippen MR) is 60.8 cm³/mol. The van der Waals surface area contributed by atoms with Gasteiger partial charge in [-0.1, -0.05) is 34.1 Å². The molecule has 0 aliphatic heterocycles. The highest BCUT2D eigenvalue weighted by Gasteiger charge is 2.26. The van der Waals surface area contributed by atoms with E-state index >= 15 is 0 Å². The molecular weight excluding hydrogens is 172 g/mol. The van der Waals surface area contributed by atoms with Gasteiger partial charge in [-0.25, -0.2) is 0 Å². The summed E-state index contributed by atoms with van der Waals surface area (Å²) in [5, 5.41) is 0. The van der Waals surface area contributed by atoms with Crippen LogP contribution in [0.3, 0.4) is 0 Å². The maximum Gasteiger partial charge on any atom is 0.112 e. The molecule has 0 radical (unpaired) electrons. The van der Waals surface area contributed by atoms with Gasteiger partial charge in [-0.15, -0.1) is 0 Å². The number of hydrogen-bond acceptors (Lipinski definition) is 1. The van der Waals surface area contributed by atoms with E-state index in [-0.39, 0.29) is 5.41 Å². The zero-order valence-electron chi connectivity index (χ0n) is 10.1. The second-order valence-corrected chi connectivity index (χ2v) is 4.71. The highest BCUT2D eigenvalue weighted by molar-refractivity contribution is 5.31. The second kappa shape index (κ2) is 4.20. The normalized spacial score (nSPS) is 12.1. The van der Waals surface area contributed by atoms with Crippen molar-refractivity contribution in [2.45, 2.75) is 59.3 Å². The van der Waals surface area contributed by atoms with E-state index in [1.807, 2.05) is 6.26 Å². The molecule has 0 saturated heterocycles. The van der Waals surface area contributed by atoms with Gasteiger partial charge in [0, 0.05) is 5.41 Å². The zero-order valence-corrected chi connectivity index (χ0v) is 10.1. The first kappa shape index (κ1) is 11.4. The third-order valence-electron chi connectivity index (χ3n) is 2.95. The Morgan fingerprint density at radius 2 is 1.93 bits per heavy atom. The molecule has 14 heavy (non-hydrogen) atoms. The Hall–Kier alpha value is -0.720. The first-order chi connectivity index (χ1) is 6.53. The van der Waals surface area contributed by atoms with Gasteiger partial charge in [-0.05, 0) is 30.9 Å². The Bertz CT molecular complexity index is 294. The zero-order chi connectivity index (χ0) is 10.8. The van der Waals surface area contributed by atoms with Crippen LogP contribution in [0.4, 0.5) is 0 Å². The van der Waals surface area contributed by atoms with E-state index in [0.29, 0.717) is 0 Å². The van der Waals surface area contributed by atoms with Gasteiger partial charge in [0.05, 0.1) is 6.26 Å². The molecule has 80 valence electrons. The smallest absolute Gasteiger partial charge is 0.112 e. The average molecular weight is 194 g/mol. The first-order valence-corrected chi connectivity index (χ1v) is 5.60. The number of aryl methyl sites for hydroxylation is 1. The lowest BCUT2D eigenvalue weighted by Crippen LogP contribution is -2.17. The van der Waals surface area contributed by atoms with Gasteiger partial charge in [0.25, 0.3) is 0 Å². The van der Waals surface area contributed by atoms with Crippen molar-refractivity contribution in [3.05, 3.63) is 23.2 Å². The monoisotopic (exact) mass is 194 g/mol. The van der Waals surface area contributed by atoms with Crippen LogP contribution in [0.25, 0.3) is 0 Å². The Morgan fingerprint density at radius 3 is 2.43 bits per heavy atom. The molecule has 1 heterocycles. The van der Waals surface area contributed by atoms with E-state index in [1.54, 1.807) is 0 Å². The molecule has 1 aromatic rings. The number of hydrogen-bond donors (Lipinski definition) is 0. The van der Waals surface area contributed by atoms with Crippen LogP contribution in [0.15, 0.2) is 10.7 Å². The molecule has 0 atom stereocenters. The fourth-order valence-corrected chi connectivity index (χ4v) is 2.21. The van der Waals surface area contributed by atoms with Gasteiger partial charge in [0.2, 0.25) is 0 Å². The number of furan rings is 1. The van der Waals surface area contributed by atoms with Gasteiger partial charge < -0.3 is 4.42 Å². The minimum Gasteiger partial charge on any atom is -0.468 e. The Balaban J connectivity index is 3.05. The quantitative estimate of drug-likeness (QED) is 0.699. The van der Waals surface area contributed by atoms with Crippen molar-refractivity contribution in [1.29, 1.82) is 0 Å². The lowest BCUT2D eigenvalue weighted by molar-refractivity contribution is 0.358. The minimum absolute atomic E-state index is 0.189. The molecule has 0 spiro atoms. The van der Waals surface area contributed by atoms with Crippen LogP contribution in [0.2, 0.25) is 0 Å². The molecule has 0 aliphatic rings. The second-order valence-electron chi connectivity index (χ2n) is 4.71. The van der Waals surface area contributed by atoms with E-state index < -0.39 is 0 Å². The lowest BCUT2D eigenvalue weighted by atomic mass is 9.82. The molecule has 0 saturated carbocycles. The van der Waals surface area contributed by atoms with E-state index in [0.717, 1.165) is 6.42 Å². The first-order valence-electron chi connectivity index (χ1n) is 5.60. The summed E-state index contributed by atoms with van der Waals surface area (Å²) in [6.07, 6.45) is 5.36. The third-order valence-corrected chi connectivity index (χ3v) is 2.95. The fourth-order valence-electron chi connectivity index (χ4n) is 2.21. The average Bonchev–Trinajstić information content (AvgIpc) is 2.47. The highest BCUT2D eigenvalue weighted by atomic mass is 16.3. The van der Waals surface area contributed by atoms with E-state index in [4.69, 9.17) is 4.42 Å². The Morgan fingerprint density at radius 1 is 1.29 bits per heavy atom. The molecular formula is C13H22O. The van der Waals surface area contributed by atoms with Gasteiger partial charge in [0.15, 0.2) is 0 Å². The summed E-state index contributed by atoms with van der Waals surface area (Å²) in [6.45, 7) is 11.1. The van der Waals surface area contributed by atoms with Gasteiger partial charge in [-0.2, -0.15) is 0 Å². The molecule has 1 aromatic heterocycles. The van der Waals surface area contributed by atoms with Gasteiger partial charge in [0.1, 0.15) is 5.76 Å². The SMILES string of the molecule is CCCC(C)(C)c1occ(C)c1CC. The summed E-state index contributed by atoms with van der Waals surface area (Å²) in [5.74, 6) is 1.19. The molecule has 1 heteroatoms. The molecule has 0 aromatic carbocycles. The molecule has 0 N–H and O–H groups in total. The van der Waals surface area contributed by atoms with Crippen molar-refractivity contribution >= 4 is 0 Å². The maximum atomic E-state index is 5.70.